The molecule has 0 radical (unpaired) electrons. The third-order valence-electron chi connectivity index (χ3n) is 4.82. The number of aromatic nitrogens is 4. The van der Waals surface area contributed by atoms with Crippen LogP contribution in [0.25, 0.3) is 11.0 Å². The fraction of sp³-hybridized carbons (Fsp3) is 0.450. The second-order valence-electron chi connectivity index (χ2n) is 8.29. The predicted octanol–water partition coefficient (Wildman–Crippen LogP) is 3.78. The summed E-state index contributed by atoms with van der Waals surface area (Å²) >= 11 is 1.48. The molecule has 3 heterocycles. The van der Waals surface area contributed by atoms with Crippen molar-refractivity contribution in [2.45, 2.75) is 45.1 Å². The molecule has 3 aromatic rings. The quantitative estimate of drug-likeness (QED) is 0.656. The van der Waals surface area contributed by atoms with Gasteiger partial charge in [0.1, 0.15) is 22.3 Å². The van der Waals surface area contributed by atoms with Gasteiger partial charge in [0.25, 0.3) is 5.91 Å². The van der Waals surface area contributed by atoms with Crippen molar-refractivity contribution in [1.29, 1.82) is 0 Å². The molecule has 0 spiro atoms. The summed E-state index contributed by atoms with van der Waals surface area (Å²) in [6.07, 6.45) is 1.33. The van der Waals surface area contributed by atoms with E-state index in [4.69, 9.17) is 4.74 Å². The van der Waals surface area contributed by atoms with Crippen molar-refractivity contribution >= 4 is 40.1 Å². The standard InChI is InChI=1S/C20H24N6O3S/c1-20(2,3)29-19(28)26-8-6-12(7-9-26)18-22-16(11-30-18)17(27)21-13-4-5-14-15(10-13)24-25-23-14/h4-5,10-12H,6-9H2,1-3H3,(H,21,27)(H,23,24,25). The van der Waals surface area contributed by atoms with Crippen LogP contribution in [-0.4, -0.2) is 56.0 Å². The number of piperidine rings is 1. The van der Waals surface area contributed by atoms with Gasteiger partial charge in [0, 0.05) is 30.1 Å². The highest BCUT2D eigenvalue weighted by atomic mass is 32.1. The lowest BCUT2D eigenvalue weighted by atomic mass is 9.98. The topological polar surface area (TPSA) is 113 Å². The van der Waals surface area contributed by atoms with Gasteiger partial charge in [-0.3, -0.25) is 4.79 Å². The maximum atomic E-state index is 12.6. The van der Waals surface area contributed by atoms with Crippen molar-refractivity contribution in [3.63, 3.8) is 0 Å². The van der Waals surface area contributed by atoms with Crippen LogP contribution in [0.2, 0.25) is 0 Å². The number of rotatable bonds is 3. The lowest BCUT2D eigenvalue weighted by Crippen LogP contribution is -2.41. The van der Waals surface area contributed by atoms with E-state index in [1.54, 1.807) is 28.5 Å². The summed E-state index contributed by atoms with van der Waals surface area (Å²) in [5.74, 6) is -0.0201. The Morgan fingerprint density at radius 3 is 2.67 bits per heavy atom. The first-order valence-electron chi connectivity index (χ1n) is 9.84. The van der Waals surface area contributed by atoms with E-state index < -0.39 is 5.60 Å². The van der Waals surface area contributed by atoms with Crippen LogP contribution < -0.4 is 5.32 Å². The first-order chi connectivity index (χ1) is 14.3. The number of nitrogens with one attached hydrogen (secondary N) is 2. The Hall–Kier alpha value is -3.01. The molecule has 4 rings (SSSR count). The minimum Gasteiger partial charge on any atom is -0.444 e. The van der Waals surface area contributed by atoms with Gasteiger partial charge < -0.3 is 15.0 Å². The highest BCUT2D eigenvalue weighted by Crippen LogP contribution is 2.31. The maximum absolute atomic E-state index is 12.6. The number of nitrogens with zero attached hydrogens (tertiary/aromatic N) is 4. The highest BCUT2D eigenvalue weighted by Gasteiger charge is 2.29. The van der Waals surface area contributed by atoms with Gasteiger partial charge in [0.05, 0.1) is 5.01 Å². The lowest BCUT2D eigenvalue weighted by Gasteiger charge is -2.32. The van der Waals surface area contributed by atoms with Crippen molar-refractivity contribution in [2.75, 3.05) is 18.4 Å². The molecule has 0 unspecified atom stereocenters. The van der Waals surface area contributed by atoms with E-state index in [1.807, 2.05) is 20.8 Å². The zero-order valence-corrected chi connectivity index (χ0v) is 18.0. The van der Waals surface area contributed by atoms with Gasteiger partial charge in [0.2, 0.25) is 0 Å². The van der Waals surface area contributed by atoms with Crippen LogP contribution in [0.15, 0.2) is 23.6 Å². The molecule has 9 nitrogen and oxygen atoms in total. The monoisotopic (exact) mass is 428 g/mol. The largest absolute Gasteiger partial charge is 0.444 e. The molecule has 2 amide bonds. The summed E-state index contributed by atoms with van der Waals surface area (Å²) in [7, 11) is 0. The normalized spacial score (nSPS) is 15.4. The number of ether oxygens (including phenoxy) is 1. The summed E-state index contributed by atoms with van der Waals surface area (Å²) < 4.78 is 5.44. The van der Waals surface area contributed by atoms with E-state index in [2.05, 4.69) is 25.7 Å². The van der Waals surface area contributed by atoms with E-state index in [-0.39, 0.29) is 17.9 Å². The van der Waals surface area contributed by atoms with E-state index in [0.717, 1.165) is 23.4 Å². The number of thiazole rings is 1. The van der Waals surface area contributed by atoms with Gasteiger partial charge in [-0.25, -0.2) is 9.78 Å². The van der Waals surface area contributed by atoms with Crippen LogP contribution in [0.5, 0.6) is 0 Å². The third-order valence-corrected chi connectivity index (χ3v) is 5.83. The number of hydrogen-bond donors (Lipinski definition) is 2. The van der Waals surface area contributed by atoms with E-state index in [0.29, 0.717) is 30.0 Å². The molecule has 1 aromatic carbocycles. The molecular formula is C20H24N6O3S. The fourth-order valence-electron chi connectivity index (χ4n) is 3.33. The van der Waals surface area contributed by atoms with Crippen LogP contribution in [0, 0.1) is 0 Å². The lowest BCUT2D eigenvalue weighted by molar-refractivity contribution is 0.0205. The first kappa shape index (κ1) is 20.3. The maximum Gasteiger partial charge on any atom is 0.410 e. The number of carbonyl (C=O) groups excluding carboxylic acids is 2. The molecule has 1 aliphatic rings. The van der Waals surface area contributed by atoms with Crippen LogP contribution in [0.1, 0.15) is 55.0 Å². The molecule has 1 saturated heterocycles. The smallest absolute Gasteiger partial charge is 0.410 e. The van der Waals surface area contributed by atoms with Crippen molar-refractivity contribution in [2.24, 2.45) is 0 Å². The summed E-state index contributed by atoms with van der Waals surface area (Å²) in [5, 5.41) is 16.1. The highest BCUT2D eigenvalue weighted by molar-refractivity contribution is 7.10. The molecule has 0 aliphatic carbocycles. The predicted molar refractivity (Wildman–Crippen MR) is 114 cm³/mol. The molecule has 0 atom stereocenters. The number of likely N-dealkylation sites (tertiary alicyclic amines) is 1. The molecule has 0 bridgehead atoms. The molecular weight excluding hydrogens is 404 g/mol. The third kappa shape index (κ3) is 4.59. The van der Waals surface area contributed by atoms with E-state index in [1.165, 1.54) is 11.3 Å². The Labute approximate surface area is 177 Å². The molecule has 0 saturated carbocycles. The summed E-state index contributed by atoms with van der Waals surface area (Å²) in [6.45, 7) is 6.84. The second kappa shape index (κ2) is 8.02. The van der Waals surface area contributed by atoms with Crippen molar-refractivity contribution in [3.05, 3.63) is 34.3 Å². The molecule has 2 aromatic heterocycles. The Morgan fingerprint density at radius 2 is 1.93 bits per heavy atom. The van der Waals surface area contributed by atoms with Crippen LogP contribution in [0.4, 0.5) is 10.5 Å². The number of H-pyrrole nitrogens is 1. The van der Waals surface area contributed by atoms with Gasteiger partial charge in [-0.1, -0.05) is 0 Å². The SMILES string of the molecule is CC(C)(C)OC(=O)N1CCC(c2nc(C(=O)Nc3ccc4n[nH]nc4c3)cs2)CC1. The fourth-order valence-corrected chi connectivity index (χ4v) is 4.30. The average Bonchev–Trinajstić information content (AvgIpc) is 3.36. The number of benzene rings is 1. The second-order valence-corrected chi connectivity index (χ2v) is 9.18. The zero-order valence-electron chi connectivity index (χ0n) is 17.1. The molecule has 1 fully saturated rings. The molecule has 158 valence electrons. The number of hydrogen-bond acceptors (Lipinski definition) is 7. The van der Waals surface area contributed by atoms with Gasteiger partial charge >= 0.3 is 6.09 Å². The minimum atomic E-state index is -0.496. The molecule has 10 heteroatoms. The molecule has 1 aliphatic heterocycles. The van der Waals surface area contributed by atoms with Gasteiger partial charge in [0.15, 0.2) is 0 Å². The van der Waals surface area contributed by atoms with Crippen LogP contribution >= 0.6 is 11.3 Å². The van der Waals surface area contributed by atoms with Crippen molar-refractivity contribution in [3.8, 4) is 0 Å². The van der Waals surface area contributed by atoms with Crippen LogP contribution in [0.3, 0.4) is 0 Å². The van der Waals surface area contributed by atoms with Gasteiger partial charge in [-0.15, -0.1) is 11.3 Å². The van der Waals surface area contributed by atoms with E-state index >= 15 is 0 Å². The Bertz CT molecular complexity index is 1060. The first-order valence-corrected chi connectivity index (χ1v) is 10.7. The van der Waals surface area contributed by atoms with Gasteiger partial charge in [-0.05, 0) is 51.8 Å². The summed E-state index contributed by atoms with van der Waals surface area (Å²) in [4.78, 5) is 31.1. The van der Waals surface area contributed by atoms with Gasteiger partial charge in [-0.2, -0.15) is 15.4 Å². The Balaban J connectivity index is 1.35. The number of aromatic amines is 1. The number of amides is 2. The average molecular weight is 429 g/mol. The van der Waals surface area contributed by atoms with Crippen LogP contribution in [-0.2, 0) is 4.74 Å². The van der Waals surface area contributed by atoms with Crippen molar-refractivity contribution < 1.29 is 14.3 Å². The van der Waals surface area contributed by atoms with Crippen molar-refractivity contribution in [1.82, 2.24) is 25.3 Å². The Morgan fingerprint density at radius 1 is 1.20 bits per heavy atom. The molecule has 30 heavy (non-hydrogen) atoms. The molecule has 2 N–H and O–H groups in total. The number of carbonyl (C=O) groups is 2. The zero-order chi connectivity index (χ0) is 21.3. The number of anilines is 1. The number of fused-ring (bicyclic) bond motifs is 1. The summed E-state index contributed by atoms with van der Waals surface area (Å²) in [6, 6.07) is 5.33. The minimum absolute atomic E-state index is 0.238. The summed E-state index contributed by atoms with van der Waals surface area (Å²) in [5.41, 5.74) is 1.96. The van der Waals surface area contributed by atoms with E-state index in [9.17, 15) is 9.59 Å². The Kier molecular flexibility index (Phi) is 5.42.